The Morgan fingerprint density at radius 1 is 1.25 bits per heavy atom. The Morgan fingerprint density at radius 3 is 2.45 bits per heavy atom. The minimum atomic E-state index is -4.58. The van der Waals surface area contributed by atoms with Gasteiger partial charge in [-0.1, -0.05) is 19.1 Å². The van der Waals surface area contributed by atoms with Crippen molar-refractivity contribution in [2.45, 2.75) is 31.5 Å². The lowest BCUT2D eigenvalue weighted by Crippen LogP contribution is -2.34. The topological polar surface area (TPSA) is 58.2 Å². The Hall–Kier alpha value is -1.12. The molecule has 0 aliphatic rings. The van der Waals surface area contributed by atoms with Crippen molar-refractivity contribution in [3.05, 3.63) is 29.3 Å². The fraction of sp³-hybridized carbons (Fsp3) is 0.500. The summed E-state index contributed by atoms with van der Waals surface area (Å²) in [4.78, 5) is -0.128. The van der Waals surface area contributed by atoms with Crippen molar-refractivity contribution < 1.29 is 21.6 Å². The average molecular weight is 310 g/mol. The first kappa shape index (κ1) is 16.9. The molecule has 1 aromatic rings. The van der Waals surface area contributed by atoms with E-state index in [9.17, 15) is 21.6 Å². The van der Waals surface area contributed by atoms with Crippen LogP contribution in [0, 0.1) is 6.92 Å². The van der Waals surface area contributed by atoms with Gasteiger partial charge >= 0.3 is 6.18 Å². The Labute approximate surface area is 116 Å². The summed E-state index contributed by atoms with van der Waals surface area (Å²) in [5, 5.41) is 3.05. The molecule has 4 nitrogen and oxygen atoms in total. The van der Waals surface area contributed by atoms with Crippen LogP contribution in [0.5, 0.6) is 0 Å². The lowest BCUT2D eigenvalue weighted by atomic mass is 10.1. The standard InChI is InChI=1S/C12H17F3N2O2S/c1-3-16-7-10-5-4-6-11(9(10)2)20(18,19)17-8-12(13,14)15/h4-6,16-17H,3,7-8H2,1-2H3. The first-order valence-corrected chi connectivity index (χ1v) is 7.51. The summed E-state index contributed by atoms with van der Waals surface area (Å²) < 4.78 is 61.7. The molecule has 0 aromatic heterocycles. The molecule has 0 spiro atoms. The highest BCUT2D eigenvalue weighted by Gasteiger charge is 2.30. The van der Waals surface area contributed by atoms with Gasteiger partial charge in [0.15, 0.2) is 0 Å². The van der Waals surface area contributed by atoms with Crippen molar-refractivity contribution in [1.29, 1.82) is 0 Å². The number of alkyl halides is 3. The molecule has 0 unspecified atom stereocenters. The molecule has 0 amide bonds. The third-order valence-corrected chi connectivity index (χ3v) is 4.26. The summed E-state index contributed by atoms with van der Waals surface area (Å²) in [5.41, 5.74) is 1.19. The van der Waals surface area contributed by atoms with Crippen LogP contribution < -0.4 is 10.0 Å². The minimum Gasteiger partial charge on any atom is -0.313 e. The Kier molecular flexibility index (Phi) is 5.55. The molecule has 0 atom stereocenters. The molecule has 0 aliphatic carbocycles. The predicted molar refractivity (Wildman–Crippen MR) is 69.8 cm³/mol. The van der Waals surface area contributed by atoms with Crippen LogP contribution in [0.4, 0.5) is 13.2 Å². The molecular weight excluding hydrogens is 293 g/mol. The molecule has 0 bridgehead atoms. The summed E-state index contributed by atoms with van der Waals surface area (Å²) >= 11 is 0. The Balaban J connectivity index is 3.00. The highest BCUT2D eigenvalue weighted by molar-refractivity contribution is 7.89. The zero-order valence-corrected chi connectivity index (χ0v) is 12.0. The van der Waals surface area contributed by atoms with E-state index in [4.69, 9.17) is 0 Å². The maximum Gasteiger partial charge on any atom is 0.402 e. The number of nitrogens with one attached hydrogen (secondary N) is 2. The third kappa shape index (κ3) is 4.77. The molecule has 1 aromatic carbocycles. The Morgan fingerprint density at radius 2 is 1.90 bits per heavy atom. The second-order valence-electron chi connectivity index (χ2n) is 4.26. The van der Waals surface area contributed by atoms with Crippen LogP contribution in [-0.4, -0.2) is 27.7 Å². The van der Waals surface area contributed by atoms with Crippen molar-refractivity contribution >= 4 is 10.0 Å². The fourth-order valence-electron chi connectivity index (χ4n) is 1.66. The maximum atomic E-state index is 12.1. The van der Waals surface area contributed by atoms with Crippen LogP contribution in [0.2, 0.25) is 0 Å². The van der Waals surface area contributed by atoms with Gasteiger partial charge in [-0.2, -0.15) is 13.2 Å². The number of halogens is 3. The molecule has 0 saturated carbocycles. The summed E-state index contributed by atoms with van der Waals surface area (Å²) in [6.07, 6.45) is -4.58. The van der Waals surface area contributed by atoms with E-state index in [1.54, 1.807) is 17.7 Å². The van der Waals surface area contributed by atoms with Crippen LogP contribution in [0.1, 0.15) is 18.1 Å². The number of hydrogen-bond donors (Lipinski definition) is 2. The van der Waals surface area contributed by atoms with Crippen LogP contribution >= 0.6 is 0 Å². The van der Waals surface area contributed by atoms with E-state index >= 15 is 0 Å². The lowest BCUT2D eigenvalue weighted by Gasteiger charge is -2.14. The lowest BCUT2D eigenvalue weighted by molar-refractivity contribution is -0.121. The first-order valence-electron chi connectivity index (χ1n) is 6.03. The summed E-state index contributed by atoms with van der Waals surface area (Å²) in [5.74, 6) is 0. The molecule has 1 rings (SSSR count). The first-order chi connectivity index (χ1) is 9.17. The van der Waals surface area contributed by atoms with Gasteiger partial charge in [0.05, 0.1) is 4.90 Å². The quantitative estimate of drug-likeness (QED) is 0.844. The van der Waals surface area contributed by atoms with Crippen molar-refractivity contribution in [1.82, 2.24) is 10.0 Å². The van der Waals surface area contributed by atoms with Gasteiger partial charge in [-0.25, -0.2) is 13.1 Å². The Bertz CT molecular complexity index is 556. The second-order valence-corrected chi connectivity index (χ2v) is 6.00. The highest BCUT2D eigenvalue weighted by Crippen LogP contribution is 2.20. The van der Waals surface area contributed by atoms with Crippen molar-refractivity contribution in [3.63, 3.8) is 0 Å². The largest absolute Gasteiger partial charge is 0.402 e. The normalized spacial score (nSPS) is 12.7. The molecular formula is C12H17F3N2O2S. The summed E-state index contributed by atoms with van der Waals surface area (Å²) in [6.45, 7) is 3.08. The van der Waals surface area contributed by atoms with Crippen LogP contribution in [0.15, 0.2) is 23.1 Å². The SMILES string of the molecule is CCNCc1cccc(S(=O)(=O)NCC(F)(F)F)c1C. The molecule has 0 saturated heterocycles. The number of hydrogen-bond acceptors (Lipinski definition) is 3. The molecule has 20 heavy (non-hydrogen) atoms. The van der Waals surface area contributed by atoms with Gasteiger partial charge in [0.2, 0.25) is 10.0 Å². The molecule has 2 N–H and O–H groups in total. The van der Waals surface area contributed by atoms with Gasteiger partial charge in [0.1, 0.15) is 6.54 Å². The van der Waals surface area contributed by atoms with Gasteiger partial charge in [0, 0.05) is 6.54 Å². The molecule has 0 radical (unpaired) electrons. The highest BCUT2D eigenvalue weighted by atomic mass is 32.2. The fourth-order valence-corrected chi connectivity index (χ4v) is 2.96. The number of sulfonamides is 1. The zero-order valence-electron chi connectivity index (χ0n) is 11.2. The monoisotopic (exact) mass is 310 g/mol. The van der Waals surface area contributed by atoms with E-state index in [-0.39, 0.29) is 4.90 Å². The van der Waals surface area contributed by atoms with Crippen molar-refractivity contribution in [3.8, 4) is 0 Å². The van der Waals surface area contributed by atoms with Crippen LogP contribution in [0.25, 0.3) is 0 Å². The smallest absolute Gasteiger partial charge is 0.313 e. The maximum absolute atomic E-state index is 12.1. The van der Waals surface area contributed by atoms with Crippen LogP contribution in [-0.2, 0) is 16.6 Å². The van der Waals surface area contributed by atoms with Gasteiger partial charge in [-0.05, 0) is 30.7 Å². The van der Waals surface area contributed by atoms with Crippen molar-refractivity contribution in [2.75, 3.05) is 13.1 Å². The van der Waals surface area contributed by atoms with Gasteiger partial charge in [0.25, 0.3) is 0 Å². The minimum absolute atomic E-state index is 0.128. The third-order valence-electron chi connectivity index (χ3n) is 2.71. The molecule has 0 fully saturated rings. The molecule has 8 heteroatoms. The average Bonchev–Trinajstić information content (AvgIpc) is 2.34. The van der Waals surface area contributed by atoms with E-state index < -0.39 is 22.7 Å². The molecule has 0 heterocycles. The van der Waals surface area contributed by atoms with Gasteiger partial charge < -0.3 is 5.32 Å². The molecule has 0 aliphatic heterocycles. The van der Waals surface area contributed by atoms with E-state index in [0.717, 1.165) is 5.56 Å². The van der Waals surface area contributed by atoms with E-state index in [1.165, 1.54) is 12.1 Å². The zero-order chi connectivity index (χ0) is 15.4. The van der Waals surface area contributed by atoms with E-state index in [2.05, 4.69) is 5.32 Å². The van der Waals surface area contributed by atoms with Gasteiger partial charge in [-0.3, -0.25) is 0 Å². The van der Waals surface area contributed by atoms with Crippen molar-refractivity contribution in [2.24, 2.45) is 0 Å². The van der Waals surface area contributed by atoms with E-state index in [1.807, 2.05) is 6.92 Å². The number of rotatable bonds is 6. The van der Waals surface area contributed by atoms with Crippen LogP contribution in [0.3, 0.4) is 0 Å². The number of benzene rings is 1. The summed E-state index contributed by atoms with van der Waals surface area (Å²) in [7, 11) is -4.17. The second kappa shape index (κ2) is 6.55. The predicted octanol–water partition coefficient (Wildman–Crippen LogP) is 1.95. The van der Waals surface area contributed by atoms with Gasteiger partial charge in [-0.15, -0.1) is 0 Å². The van der Waals surface area contributed by atoms with E-state index in [0.29, 0.717) is 18.7 Å². The summed E-state index contributed by atoms with van der Waals surface area (Å²) in [6, 6.07) is 4.55. The molecule has 114 valence electrons.